The molecule has 1 saturated heterocycles. The number of aliphatic imine (C=N–C) groups is 1. The number of nitrogens with one attached hydrogen (secondary N) is 5. The molecule has 1 aromatic carbocycles. The van der Waals surface area contributed by atoms with Crippen molar-refractivity contribution in [2.45, 2.75) is 70.1 Å². The molecule has 0 saturated carbocycles. The third kappa shape index (κ3) is 11.8. The van der Waals surface area contributed by atoms with Gasteiger partial charge in [0.25, 0.3) is 0 Å². The SMILES string of the molecule is CC(C)C[C@H]1NC(=O)[C@H](CCCN=C(N)N)NC(=O)CNC(=O)[C@@H](CC(=O)O)NC(=O)[C@@H](Cc2ccccc2)NC1=O. The molecule has 0 spiro atoms. The Morgan fingerprint density at radius 2 is 1.48 bits per heavy atom. The van der Waals surface area contributed by atoms with Crippen molar-refractivity contribution in [1.82, 2.24) is 26.6 Å². The lowest BCUT2D eigenvalue weighted by molar-refractivity contribution is -0.141. The molecule has 1 aliphatic rings. The number of amides is 5. The standard InChI is InChI=1S/C27H40N8O7/c1-15(2)11-18-25(41)34-19(12-16-7-4-3-5-8-16)26(42)35-20(13-22(37)38)23(39)31-14-21(36)32-17(24(40)33-18)9-6-10-30-27(28)29/h3-5,7-8,15,17-20H,6,9-14H2,1-2H3,(H,31,39)(H,32,36)(H,33,40)(H,34,41)(H,35,42)(H,37,38)(H4,28,29,30)/t17-,18+,19+,20+/m0/s1. The lowest BCUT2D eigenvalue weighted by Gasteiger charge is -2.26. The highest BCUT2D eigenvalue weighted by molar-refractivity contribution is 5.98. The lowest BCUT2D eigenvalue weighted by Crippen LogP contribution is -2.58. The van der Waals surface area contributed by atoms with Gasteiger partial charge in [-0.3, -0.25) is 33.8 Å². The van der Waals surface area contributed by atoms with Gasteiger partial charge in [-0.25, -0.2) is 0 Å². The van der Waals surface area contributed by atoms with Gasteiger partial charge in [-0.05, 0) is 30.7 Å². The number of guanidine groups is 1. The van der Waals surface area contributed by atoms with Crippen LogP contribution in [0.2, 0.25) is 0 Å². The van der Waals surface area contributed by atoms with Crippen molar-refractivity contribution in [3.05, 3.63) is 35.9 Å². The molecule has 2 rings (SSSR count). The zero-order chi connectivity index (χ0) is 31.2. The van der Waals surface area contributed by atoms with E-state index >= 15 is 0 Å². The molecule has 0 radical (unpaired) electrons. The van der Waals surface area contributed by atoms with Crippen molar-refractivity contribution in [2.24, 2.45) is 22.4 Å². The van der Waals surface area contributed by atoms with Crippen molar-refractivity contribution in [3.8, 4) is 0 Å². The Labute approximate surface area is 243 Å². The summed E-state index contributed by atoms with van der Waals surface area (Å²) in [5, 5.41) is 21.9. The molecule has 0 bridgehead atoms. The Hall–Kier alpha value is -4.69. The number of benzene rings is 1. The maximum absolute atomic E-state index is 13.5. The molecule has 0 unspecified atom stereocenters. The monoisotopic (exact) mass is 588 g/mol. The van der Waals surface area contributed by atoms with Crippen molar-refractivity contribution in [3.63, 3.8) is 0 Å². The van der Waals surface area contributed by atoms with Crippen LogP contribution in [0, 0.1) is 5.92 Å². The predicted molar refractivity (Wildman–Crippen MR) is 152 cm³/mol. The summed E-state index contributed by atoms with van der Waals surface area (Å²) >= 11 is 0. The number of hydrogen-bond acceptors (Lipinski definition) is 7. The van der Waals surface area contributed by atoms with Gasteiger partial charge in [-0.15, -0.1) is 0 Å². The van der Waals surface area contributed by atoms with Gasteiger partial charge in [0.1, 0.15) is 24.2 Å². The minimum Gasteiger partial charge on any atom is -0.481 e. The van der Waals surface area contributed by atoms with Crippen LogP contribution in [-0.4, -0.2) is 83.8 Å². The van der Waals surface area contributed by atoms with Gasteiger partial charge in [0.15, 0.2) is 5.96 Å². The molecule has 0 aliphatic carbocycles. The fraction of sp³-hybridized carbons (Fsp3) is 0.519. The van der Waals surface area contributed by atoms with Crippen molar-refractivity contribution >= 4 is 41.5 Å². The Kier molecular flexibility index (Phi) is 13.2. The van der Waals surface area contributed by atoms with Crippen LogP contribution in [0.4, 0.5) is 0 Å². The summed E-state index contributed by atoms with van der Waals surface area (Å²) in [5.41, 5.74) is 11.4. The molecular formula is C27H40N8O7. The molecule has 230 valence electrons. The van der Waals surface area contributed by atoms with Gasteiger partial charge in [0.05, 0.1) is 13.0 Å². The highest BCUT2D eigenvalue weighted by Crippen LogP contribution is 2.10. The molecule has 1 aliphatic heterocycles. The molecule has 0 aromatic heterocycles. The summed E-state index contributed by atoms with van der Waals surface area (Å²) in [6, 6.07) is 3.85. The molecular weight excluding hydrogens is 548 g/mol. The van der Waals surface area contributed by atoms with E-state index in [4.69, 9.17) is 11.5 Å². The molecule has 10 N–H and O–H groups in total. The van der Waals surface area contributed by atoms with E-state index in [2.05, 4.69) is 31.6 Å². The third-order valence-corrected chi connectivity index (χ3v) is 6.29. The smallest absolute Gasteiger partial charge is 0.305 e. The molecule has 4 atom stereocenters. The number of carboxylic acids is 1. The van der Waals surface area contributed by atoms with Gasteiger partial charge >= 0.3 is 5.97 Å². The quantitative estimate of drug-likeness (QED) is 0.0843. The molecule has 15 nitrogen and oxygen atoms in total. The highest BCUT2D eigenvalue weighted by Gasteiger charge is 2.33. The van der Waals surface area contributed by atoms with E-state index in [0.29, 0.717) is 12.0 Å². The van der Waals surface area contributed by atoms with Crippen LogP contribution < -0.4 is 38.1 Å². The largest absolute Gasteiger partial charge is 0.481 e. The van der Waals surface area contributed by atoms with E-state index in [-0.39, 0.29) is 37.7 Å². The van der Waals surface area contributed by atoms with E-state index in [1.54, 1.807) is 30.3 Å². The normalized spacial score (nSPS) is 22.4. The second kappa shape index (κ2) is 16.5. The topological polar surface area (TPSA) is 247 Å². The summed E-state index contributed by atoms with van der Waals surface area (Å²) < 4.78 is 0. The third-order valence-electron chi connectivity index (χ3n) is 6.29. The van der Waals surface area contributed by atoms with Crippen LogP contribution in [0.1, 0.15) is 45.1 Å². The van der Waals surface area contributed by atoms with Crippen molar-refractivity contribution in [2.75, 3.05) is 13.1 Å². The number of carbonyl (C=O) groups excluding carboxylic acids is 5. The van der Waals surface area contributed by atoms with Crippen LogP contribution in [0.3, 0.4) is 0 Å². The van der Waals surface area contributed by atoms with Crippen LogP contribution in [0.15, 0.2) is 35.3 Å². The Morgan fingerprint density at radius 1 is 0.881 bits per heavy atom. The van der Waals surface area contributed by atoms with Gasteiger partial charge < -0.3 is 43.2 Å². The number of rotatable bonds is 10. The maximum Gasteiger partial charge on any atom is 0.305 e. The summed E-state index contributed by atoms with van der Waals surface area (Å²) in [4.78, 5) is 81.0. The molecule has 1 aromatic rings. The highest BCUT2D eigenvalue weighted by atomic mass is 16.4. The minimum atomic E-state index is -1.54. The number of carboxylic acid groups (broad SMARTS) is 1. The first-order chi connectivity index (χ1) is 19.8. The van der Waals surface area contributed by atoms with E-state index in [1.807, 2.05) is 13.8 Å². The second-order valence-electron chi connectivity index (χ2n) is 10.4. The zero-order valence-electron chi connectivity index (χ0n) is 23.7. The first-order valence-corrected chi connectivity index (χ1v) is 13.6. The molecule has 42 heavy (non-hydrogen) atoms. The van der Waals surface area contributed by atoms with E-state index in [0.717, 1.165) is 0 Å². The van der Waals surface area contributed by atoms with Crippen molar-refractivity contribution < 1.29 is 33.9 Å². The Balaban J connectivity index is 2.44. The van der Waals surface area contributed by atoms with Crippen LogP contribution >= 0.6 is 0 Å². The van der Waals surface area contributed by atoms with Gasteiger partial charge in [-0.2, -0.15) is 0 Å². The average molecular weight is 589 g/mol. The number of carbonyl (C=O) groups is 6. The summed E-state index contributed by atoms with van der Waals surface area (Å²) in [5.74, 6) is -5.32. The number of nitrogens with two attached hydrogens (primary N) is 2. The maximum atomic E-state index is 13.5. The first-order valence-electron chi connectivity index (χ1n) is 13.6. The fourth-order valence-corrected chi connectivity index (χ4v) is 4.27. The summed E-state index contributed by atoms with van der Waals surface area (Å²) in [6.45, 7) is 3.29. The van der Waals surface area contributed by atoms with Crippen LogP contribution in [0.25, 0.3) is 0 Å². The number of hydrogen-bond donors (Lipinski definition) is 8. The van der Waals surface area contributed by atoms with Gasteiger partial charge in [0, 0.05) is 13.0 Å². The number of aliphatic carboxylic acids is 1. The summed E-state index contributed by atoms with van der Waals surface area (Å²) in [6.07, 6.45) is -0.115. The second-order valence-corrected chi connectivity index (χ2v) is 10.4. The molecule has 1 heterocycles. The fourth-order valence-electron chi connectivity index (χ4n) is 4.27. The molecule has 5 amide bonds. The Bertz CT molecular complexity index is 1150. The van der Waals surface area contributed by atoms with Crippen LogP contribution in [-0.2, 0) is 35.2 Å². The first kappa shape index (κ1) is 33.5. The summed E-state index contributed by atoms with van der Waals surface area (Å²) in [7, 11) is 0. The molecule has 15 heteroatoms. The minimum absolute atomic E-state index is 0.0234. The number of nitrogens with zero attached hydrogens (tertiary/aromatic N) is 1. The van der Waals surface area contributed by atoms with Gasteiger partial charge in [-0.1, -0.05) is 44.2 Å². The Morgan fingerprint density at radius 3 is 2.10 bits per heavy atom. The van der Waals surface area contributed by atoms with E-state index in [1.165, 1.54) is 0 Å². The zero-order valence-corrected chi connectivity index (χ0v) is 23.7. The predicted octanol–water partition coefficient (Wildman–Crippen LogP) is -2.13. The van der Waals surface area contributed by atoms with E-state index < -0.39 is 72.6 Å². The van der Waals surface area contributed by atoms with Gasteiger partial charge in [0.2, 0.25) is 29.5 Å². The van der Waals surface area contributed by atoms with E-state index in [9.17, 15) is 33.9 Å². The average Bonchev–Trinajstić information content (AvgIpc) is 2.91. The van der Waals surface area contributed by atoms with Crippen molar-refractivity contribution in [1.29, 1.82) is 0 Å². The molecule has 1 fully saturated rings. The van der Waals surface area contributed by atoms with Crippen LogP contribution in [0.5, 0.6) is 0 Å². The lowest BCUT2D eigenvalue weighted by atomic mass is 10.00.